The molecule has 4 rings (SSSR count). The molecule has 29 heavy (non-hydrogen) atoms. The number of halogens is 2. The summed E-state index contributed by atoms with van der Waals surface area (Å²) in [6.45, 7) is -1.31. The average Bonchev–Trinajstić information content (AvgIpc) is 3.42. The fourth-order valence-corrected chi connectivity index (χ4v) is 2.86. The number of nitrogens with zero attached hydrogens (tertiary/aromatic N) is 2. The summed E-state index contributed by atoms with van der Waals surface area (Å²) in [6.07, 6.45) is 2.08. The zero-order valence-electron chi connectivity index (χ0n) is 15.8. The molecule has 2 aromatic carbocycles. The van der Waals surface area contributed by atoms with E-state index in [0.29, 0.717) is 12.2 Å². The second-order valence-electron chi connectivity index (χ2n) is 6.56. The molecule has 6 nitrogen and oxygen atoms in total. The molecule has 3 aromatic rings. The summed E-state index contributed by atoms with van der Waals surface area (Å²) in [6, 6.07) is 14.0. The third-order valence-electron chi connectivity index (χ3n) is 4.44. The molecule has 152 valence electrons. The first-order valence-electron chi connectivity index (χ1n) is 9.11. The van der Waals surface area contributed by atoms with Crippen molar-refractivity contribution in [3.63, 3.8) is 0 Å². The van der Waals surface area contributed by atoms with E-state index in [1.165, 1.54) is 6.07 Å². The Morgan fingerprint density at radius 1 is 1.14 bits per heavy atom. The molecule has 1 unspecified atom stereocenters. The van der Waals surface area contributed by atoms with Gasteiger partial charge in [0.05, 0.1) is 26.0 Å². The highest BCUT2D eigenvalue weighted by atomic mass is 19.3. The fourth-order valence-electron chi connectivity index (χ4n) is 2.86. The maximum absolute atomic E-state index is 12.8. The molecule has 1 saturated heterocycles. The van der Waals surface area contributed by atoms with E-state index in [-0.39, 0.29) is 24.2 Å². The van der Waals surface area contributed by atoms with Crippen LogP contribution in [0, 0.1) is 0 Å². The van der Waals surface area contributed by atoms with Crippen LogP contribution in [0.15, 0.2) is 54.7 Å². The van der Waals surface area contributed by atoms with Crippen LogP contribution in [0.4, 0.5) is 8.78 Å². The van der Waals surface area contributed by atoms with Crippen molar-refractivity contribution in [2.75, 3.05) is 13.7 Å². The molecule has 1 atom stereocenters. The maximum Gasteiger partial charge on any atom is 0.387 e. The van der Waals surface area contributed by atoms with E-state index in [1.54, 1.807) is 23.9 Å². The van der Waals surface area contributed by atoms with Gasteiger partial charge in [0.2, 0.25) is 0 Å². The van der Waals surface area contributed by atoms with E-state index >= 15 is 0 Å². The summed E-state index contributed by atoms with van der Waals surface area (Å²) >= 11 is 0. The van der Waals surface area contributed by atoms with E-state index in [9.17, 15) is 8.78 Å². The van der Waals surface area contributed by atoms with E-state index in [1.807, 2.05) is 36.5 Å². The minimum Gasteiger partial charge on any atom is -0.497 e. The molecule has 1 fully saturated rings. The summed E-state index contributed by atoms with van der Waals surface area (Å²) < 4.78 is 48.1. The number of hydrogen-bond acceptors (Lipinski definition) is 5. The van der Waals surface area contributed by atoms with Gasteiger partial charge in [0.25, 0.3) is 0 Å². The SMILES string of the molecule is COc1ccc(COc2cc(-c3ccn(CC4CO4)n3)ccc2OC(F)F)cc1. The van der Waals surface area contributed by atoms with Gasteiger partial charge in [0.1, 0.15) is 18.5 Å². The molecule has 1 aliphatic rings. The van der Waals surface area contributed by atoms with Crippen molar-refractivity contribution < 1.29 is 27.7 Å². The van der Waals surface area contributed by atoms with Gasteiger partial charge in [-0.15, -0.1) is 0 Å². The Hall–Kier alpha value is -3.13. The number of alkyl halides is 2. The van der Waals surface area contributed by atoms with Gasteiger partial charge in [-0.1, -0.05) is 12.1 Å². The Morgan fingerprint density at radius 2 is 1.93 bits per heavy atom. The molecule has 0 saturated carbocycles. The number of hydrogen-bond donors (Lipinski definition) is 0. The van der Waals surface area contributed by atoms with Crippen LogP contribution in [0.25, 0.3) is 11.3 Å². The predicted molar refractivity (Wildman–Crippen MR) is 101 cm³/mol. The molecule has 0 bridgehead atoms. The van der Waals surface area contributed by atoms with Crippen LogP contribution in [0.5, 0.6) is 17.2 Å². The second-order valence-corrected chi connectivity index (χ2v) is 6.56. The van der Waals surface area contributed by atoms with Gasteiger partial charge in [-0.3, -0.25) is 4.68 Å². The highest BCUT2D eigenvalue weighted by Gasteiger charge is 2.23. The van der Waals surface area contributed by atoms with Crippen LogP contribution < -0.4 is 14.2 Å². The largest absolute Gasteiger partial charge is 0.497 e. The first kappa shape index (κ1) is 19.2. The van der Waals surface area contributed by atoms with Gasteiger partial charge in [0, 0.05) is 11.8 Å². The predicted octanol–water partition coefficient (Wildman–Crippen LogP) is 4.14. The molecule has 0 amide bonds. The second kappa shape index (κ2) is 8.48. The number of aromatic nitrogens is 2. The highest BCUT2D eigenvalue weighted by molar-refractivity contribution is 5.63. The summed E-state index contributed by atoms with van der Waals surface area (Å²) in [5.41, 5.74) is 2.32. The third-order valence-corrected chi connectivity index (χ3v) is 4.44. The number of methoxy groups -OCH3 is 1. The summed E-state index contributed by atoms with van der Waals surface area (Å²) in [5.74, 6) is 0.923. The number of benzene rings is 2. The average molecular weight is 402 g/mol. The van der Waals surface area contributed by atoms with Gasteiger partial charge in [-0.2, -0.15) is 13.9 Å². The lowest BCUT2D eigenvalue weighted by molar-refractivity contribution is -0.0515. The Balaban J connectivity index is 1.53. The third kappa shape index (κ3) is 5.03. The van der Waals surface area contributed by atoms with E-state index in [4.69, 9.17) is 14.2 Å². The van der Waals surface area contributed by atoms with Crippen molar-refractivity contribution in [1.29, 1.82) is 0 Å². The molecule has 8 heteroatoms. The zero-order chi connectivity index (χ0) is 20.2. The van der Waals surface area contributed by atoms with Gasteiger partial charge in [0.15, 0.2) is 11.5 Å². The molecule has 0 aliphatic carbocycles. The summed E-state index contributed by atoms with van der Waals surface area (Å²) in [4.78, 5) is 0. The Morgan fingerprint density at radius 3 is 2.62 bits per heavy atom. The van der Waals surface area contributed by atoms with Gasteiger partial charge in [-0.05, 0) is 42.0 Å². The Bertz CT molecular complexity index is 956. The minimum atomic E-state index is -2.94. The standard InChI is InChI=1S/C21H20F2N2O4/c1-26-16-5-2-14(3-6-16)12-28-20-10-15(4-7-19(20)29-21(22)23)18-8-9-25(24-18)11-17-13-27-17/h2-10,17,21H,11-13H2,1H3. The van der Waals surface area contributed by atoms with Crippen LogP contribution in [0.2, 0.25) is 0 Å². The van der Waals surface area contributed by atoms with E-state index in [0.717, 1.165) is 23.5 Å². The van der Waals surface area contributed by atoms with Crippen LogP contribution in [0.3, 0.4) is 0 Å². The van der Waals surface area contributed by atoms with Crippen molar-refractivity contribution >= 4 is 0 Å². The minimum absolute atomic E-state index is 0.0249. The van der Waals surface area contributed by atoms with Crippen LogP contribution in [-0.4, -0.2) is 36.2 Å². The molecule has 2 heterocycles. The lowest BCUT2D eigenvalue weighted by Crippen LogP contribution is -2.05. The van der Waals surface area contributed by atoms with Gasteiger partial charge >= 0.3 is 6.61 Å². The molecular weight excluding hydrogens is 382 g/mol. The monoisotopic (exact) mass is 402 g/mol. The van der Waals surface area contributed by atoms with Crippen molar-refractivity contribution in [3.05, 3.63) is 60.3 Å². The molecule has 1 aliphatic heterocycles. The zero-order valence-corrected chi connectivity index (χ0v) is 15.8. The molecule has 0 radical (unpaired) electrons. The van der Waals surface area contributed by atoms with Gasteiger partial charge in [-0.25, -0.2) is 0 Å². The van der Waals surface area contributed by atoms with Crippen molar-refractivity contribution in [1.82, 2.24) is 9.78 Å². The van der Waals surface area contributed by atoms with Crippen molar-refractivity contribution in [2.24, 2.45) is 0 Å². The molecule has 0 spiro atoms. The Kier molecular flexibility index (Phi) is 5.62. The van der Waals surface area contributed by atoms with Crippen LogP contribution in [-0.2, 0) is 17.9 Å². The summed E-state index contributed by atoms with van der Waals surface area (Å²) in [7, 11) is 1.59. The molecule has 0 N–H and O–H groups in total. The maximum atomic E-state index is 12.8. The molecule has 1 aromatic heterocycles. The van der Waals surface area contributed by atoms with Crippen molar-refractivity contribution in [3.8, 4) is 28.5 Å². The topological polar surface area (TPSA) is 58.0 Å². The first-order valence-corrected chi connectivity index (χ1v) is 9.11. The van der Waals surface area contributed by atoms with Gasteiger partial charge < -0.3 is 18.9 Å². The highest BCUT2D eigenvalue weighted by Crippen LogP contribution is 2.34. The van der Waals surface area contributed by atoms with Crippen molar-refractivity contribution in [2.45, 2.75) is 25.9 Å². The lowest BCUT2D eigenvalue weighted by Gasteiger charge is -2.13. The van der Waals surface area contributed by atoms with Crippen LogP contribution in [0.1, 0.15) is 5.56 Å². The number of ether oxygens (including phenoxy) is 4. The number of rotatable bonds is 9. The Labute approximate surface area is 166 Å². The lowest BCUT2D eigenvalue weighted by atomic mass is 10.1. The quantitative estimate of drug-likeness (QED) is 0.504. The smallest absolute Gasteiger partial charge is 0.387 e. The van der Waals surface area contributed by atoms with E-state index in [2.05, 4.69) is 9.84 Å². The first-order chi connectivity index (χ1) is 14.1. The molecular formula is C21H20F2N2O4. The number of epoxide rings is 1. The van der Waals surface area contributed by atoms with E-state index < -0.39 is 6.61 Å². The normalized spacial score (nSPS) is 15.4. The van der Waals surface area contributed by atoms with Crippen LogP contribution >= 0.6 is 0 Å². The fraction of sp³-hybridized carbons (Fsp3) is 0.286. The summed E-state index contributed by atoms with van der Waals surface area (Å²) in [5, 5.41) is 4.51.